The molecule has 0 radical (unpaired) electrons. The van der Waals surface area contributed by atoms with Gasteiger partial charge in [0.1, 0.15) is 0 Å². The second kappa shape index (κ2) is 2.41. The molecule has 11 heavy (non-hydrogen) atoms. The summed E-state index contributed by atoms with van der Waals surface area (Å²) >= 11 is 0. The van der Waals surface area contributed by atoms with Crippen LogP contribution < -0.4 is 10.5 Å². The molecule has 1 aliphatic heterocycles. The van der Waals surface area contributed by atoms with Gasteiger partial charge in [0.25, 0.3) is 10.2 Å². The van der Waals surface area contributed by atoms with Gasteiger partial charge in [0.2, 0.25) is 0 Å². The lowest BCUT2D eigenvalue weighted by molar-refractivity contribution is 0.174. The summed E-state index contributed by atoms with van der Waals surface area (Å²) in [7, 11) is -1.84. The van der Waals surface area contributed by atoms with Crippen LogP contribution in [0.5, 0.6) is 0 Å². The first-order chi connectivity index (χ1) is 4.87. The average molecular weight is 179 g/mol. The van der Waals surface area contributed by atoms with E-state index in [1.807, 2.05) is 6.92 Å². The van der Waals surface area contributed by atoms with Gasteiger partial charge in [-0.15, -0.1) is 0 Å². The van der Waals surface area contributed by atoms with Crippen LogP contribution in [0.15, 0.2) is 0 Å². The van der Waals surface area contributed by atoms with Crippen LogP contribution >= 0.6 is 0 Å². The summed E-state index contributed by atoms with van der Waals surface area (Å²) in [6.45, 7) is 2.63. The molecule has 1 fully saturated rings. The van der Waals surface area contributed by atoms with Crippen molar-refractivity contribution in [1.29, 1.82) is 0 Å². The van der Waals surface area contributed by atoms with Gasteiger partial charge in [0, 0.05) is 25.7 Å². The van der Waals surface area contributed by atoms with Crippen LogP contribution in [0.2, 0.25) is 0 Å². The normalized spacial score (nSPS) is 24.6. The highest BCUT2D eigenvalue weighted by Crippen LogP contribution is 2.19. The third kappa shape index (κ3) is 1.70. The molecule has 0 saturated carbocycles. The maximum atomic E-state index is 11.0. The van der Waals surface area contributed by atoms with Crippen molar-refractivity contribution in [1.82, 2.24) is 9.03 Å². The predicted octanol–water partition coefficient (Wildman–Crippen LogP) is -1.52. The molecule has 0 spiro atoms. The Kier molecular flexibility index (Phi) is 1.96. The number of hydrogen-bond donors (Lipinski definition) is 2. The summed E-state index contributed by atoms with van der Waals surface area (Å²) in [5, 5.41) is 0. The van der Waals surface area contributed by atoms with Gasteiger partial charge in [0.15, 0.2) is 0 Å². The fourth-order valence-corrected chi connectivity index (χ4v) is 2.25. The molecule has 1 aliphatic rings. The van der Waals surface area contributed by atoms with E-state index in [2.05, 4.69) is 4.72 Å². The van der Waals surface area contributed by atoms with E-state index in [4.69, 9.17) is 5.73 Å². The molecule has 5 nitrogen and oxygen atoms in total. The number of nitrogens with one attached hydrogen (secondary N) is 1. The summed E-state index contributed by atoms with van der Waals surface area (Å²) in [4.78, 5) is 0. The molecule has 0 aromatic heterocycles. The lowest BCUT2D eigenvalue weighted by Crippen LogP contribution is -2.68. The molecule has 6 heteroatoms. The summed E-state index contributed by atoms with van der Waals surface area (Å²) in [6.07, 6.45) is 0. The highest BCUT2D eigenvalue weighted by molar-refractivity contribution is 7.87. The van der Waals surface area contributed by atoms with Gasteiger partial charge in [-0.1, -0.05) is 0 Å². The van der Waals surface area contributed by atoms with Gasteiger partial charge in [0.05, 0.1) is 0 Å². The van der Waals surface area contributed by atoms with Crippen LogP contribution in [-0.4, -0.2) is 38.4 Å². The van der Waals surface area contributed by atoms with Crippen molar-refractivity contribution in [3.05, 3.63) is 0 Å². The third-order valence-electron chi connectivity index (χ3n) is 1.67. The molecule has 0 unspecified atom stereocenters. The Labute approximate surface area is 66.7 Å². The second-order valence-corrected chi connectivity index (χ2v) is 5.01. The van der Waals surface area contributed by atoms with E-state index < -0.39 is 10.2 Å². The van der Waals surface area contributed by atoms with Gasteiger partial charge in [-0.2, -0.15) is 12.7 Å². The molecular formula is C5H13N3O2S. The molecule has 0 aromatic carbocycles. The van der Waals surface area contributed by atoms with Crippen LogP contribution in [0, 0.1) is 0 Å². The third-order valence-corrected chi connectivity index (χ3v) is 3.13. The van der Waals surface area contributed by atoms with E-state index in [0.29, 0.717) is 13.1 Å². The quantitative estimate of drug-likeness (QED) is 0.541. The van der Waals surface area contributed by atoms with E-state index in [9.17, 15) is 8.42 Å². The second-order valence-electron chi connectivity index (χ2n) is 3.13. The summed E-state index contributed by atoms with van der Waals surface area (Å²) in [5.74, 6) is 0. The highest BCUT2D eigenvalue weighted by Gasteiger charge is 2.41. The van der Waals surface area contributed by atoms with Crippen molar-refractivity contribution in [3.8, 4) is 0 Å². The van der Waals surface area contributed by atoms with E-state index in [0.717, 1.165) is 0 Å². The van der Waals surface area contributed by atoms with Crippen LogP contribution in [0.3, 0.4) is 0 Å². The van der Waals surface area contributed by atoms with Gasteiger partial charge >= 0.3 is 0 Å². The molecule has 1 heterocycles. The zero-order valence-electron chi connectivity index (χ0n) is 6.66. The first-order valence-corrected chi connectivity index (χ1v) is 4.79. The average Bonchev–Trinajstić information content (AvgIpc) is 1.83. The van der Waals surface area contributed by atoms with Gasteiger partial charge < -0.3 is 5.73 Å². The maximum Gasteiger partial charge on any atom is 0.279 e. The lowest BCUT2D eigenvalue weighted by Gasteiger charge is -2.43. The molecule has 1 rings (SSSR count). The summed E-state index contributed by atoms with van der Waals surface area (Å²) < 4.78 is 25.6. The van der Waals surface area contributed by atoms with Gasteiger partial charge in [-0.3, -0.25) is 0 Å². The largest absolute Gasteiger partial charge is 0.323 e. The van der Waals surface area contributed by atoms with E-state index in [1.54, 1.807) is 0 Å². The lowest BCUT2D eigenvalue weighted by atomic mass is 9.97. The van der Waals surface area contributed by atoms with E-state index >= 15 is 0 Å². The number of rotatable bonds is 2. The molecule has 1 saturated heterocycles. The van der Waals surface area contributed by atoms with Gasteiger partial charge in [-0.25, -0.2) is 4.72 Å². The van der Waals surface area contributed by atoms with Crippen LogP contribution in [0.4, 0.5) is 0 Å². The molecular weight excluding hydrogens is 166 g/mol. The van der Waals surface area contributed by atoms with E-state index in [1.165, 1.54) is 11.4 Å². The summed E-state index contributed by atoms with van der Waals surface area (Å²) in [6, 6.07) is 0. The smallest absolute Gasteiger partial charge is 0.279 e. The van der Waals surface area contributed by atoms with Crippen molar-refractivity contribution < 1.29 is 8.42 Å². The molecule has 0 atom stereocenters. The molecule has 3 N–H and O–H groups in total. The summed E-state index contributed by atoms with van der Waals surface area (Å²) in [5.41, 5.74) is 5.29. The van der Waals surface area contributed by atoms with Crippen molar-refractivity contribution in [2.24, 2.45) is 5.73 Å². The Bertz CT molecular complexity index is 238. The fraction of sp³-hybridized carbons (Fsp3) is 1.00. The standard InChI is InChI=1S/C5H13N3O2S/c1-5(6)3-8(4-5)11(9,10)7-2/h7H,3-4,6H2,1-2H3. The number of nitrogens with two attached hydrogens (primary N) is 1. The van der Waals surface area contributed by atoms with Crippen LogP contribution in [0.25, 0.3) is 0 Å². The zero-order chi connectivity index (χ0) is 8.70. The Hall–Kier alpha value is -0.170. The Morgan fingerprint density at radius 1 is 1.55 bits per heavy atom. The molecule has 0 aliphatic carbocycles. The highest BCUT2D eigenvalue weighted by atomic mass is 32.2. The first kappa shape index (κ1) is 8.92. The SMILES string of the molecule is CNS(=O)(=O)N1CC(C)(N)C1. The molecule has 0 bridgehead atoms. The Morgan fingerprint density at radius 2 is 2.00 bits per heavy atom. The predicted molar refractivity (Wildman–Crippen MR) is 42.1 cm³/mol. The Morgan fingerprint density at radius 3 is 2.27 bits per heavy atom. The monoisotopic (exact) mass is 179 g/mol. The topological polar surface area (TPSA) is 75.4 Å². The minimum Gasteiger partial charge on any atom is -0.323 e. The zero-order valence-corrected chi connectivity index (χ0v) is 7.48. The van der Waals surface area contributed by atoms with Crippen LogP contribution in [-0.2, 0) is 10.2 Å². The van der Waals surface area contributed by atoms with Crippen molar-refractivity contribution in [2.45, 2.75) is 12.5 Å². The van der Waals surface area contributed by atoms with Crippen molar-refractivity contribution in [2.75, 3.05) is 20.1 Å². The van der Waals surface area contributed by atoms with Crippen LogP contribution in [0.1, 0.15) is 6.92 Å². The molecule has 66 valence electrons. The minimum atomic E-state index is -3.23. The first-order valence-electron chi connectivity index (χ1n) is 3.35. The minimum absolute atomic E-state index is 0.343. The Balaban J connectivity index is 2.58. The maximum absolute atomic E-state index is 11.0. The molecule has 0 aromatic rings. The van der Waals surface area contributed by atoms with E-state index in [-0.39, 0.29) is 5.54 Å². The van der Waals surface area contributed by atoms with Crippen molar-refractivity contribution in [3.63, 3.8) is 0 Å². The number of hydrogen-bond acceptors (Lipinski definition) is 3. The fourth-order valence-electron chi connectivity index (χ4n) is 1.06. The van der Waals surface area contributed by atoms with Crippen molar-refractivity contribution >= 4 is 10.2 Å². The molecule has 0 amide bonds. The number of nitrogens with zero attached hydrogens (tertiary/aromatic N) is 1. The van der Waals surface area contributed by atoms with Gasteiger partial charge in [-0.05, 0) is 6.92 Å².